The number of rotatable bonds is 2. The van der Waals surface area contributed by atoms with Gasteiger partial charge in [0.1, 0.15) is 15.8 Å². The van der Waals surface area contributed by atoms with E-state index in [1.165, 1.54) is 5.56 Å². The molecule has 0 saturated heterocycles. The highest BCUT2D eigenvalue weighted by molar-refractivity contribution is 7.11. The molecule has 1 aliphatic heterocycles. The van der Waals surface area contributed by atoms with Gasteiger partial charge in [-0.15, -0.1) is 10.2 Å². The van der Waals surface area contributed by atoms with Gasteiger partial charge < -0.3 is 10.5 Å². The van der Waals surface area contributed by atoms with Crippen molar-refractivity contribution in [1.82, 2.24) is 10.2 Å². The molecule has 0 bridgehead atoms. The minimum Gasteiger partial charge on any atom is -0.493 e. The SMILES string of the molecule is CC(N)c1nnc(C2CCOc3ccccc32)s1. The van der Waals surface area contributed by atoms with Crippen molar-refractivity contribution in [3.8, 4) is 5.75 Å². The number of fused-ring (bicyclic) bond motifs is 1. The lowest BCUT2D eigenvalue weighted by molar-refractivity contribution is 0.276. The summed E-state index contributed by atoms with van der Waals surface area (Å²) in [5.74, 6) is 1.26. The Balaban J connectivity index is 1.97. The summed E-state index contributed by atoms with van der Waals surface area (Å²) in [6.07, 6.45) is 0.949. The van der Waals surface area contributed by atoms with Crippen molar-refractivity contribution >= 4 is 11.3 Å². The molecule has 1 aliphatic rings. The van der Waals surface area contributed by atoms with E-state index in [1.807, 2.05) is 25.1 Å². The van der Waals surface area contributed by atoms with Gasteiger partial charge in [-0.25, -0.2) is 0 Å². The second kappa shape index (κ2) is 4.66. The summed E-state index contributed by atoms with van der Waals surface area (Å²) >= 11 is 1.61. The summed E-state index contributed by atoms with van der Waals surface area (Å²) in [5.41, 5.74) is 7.04. The zero-order valence-corrected chi connectivity index (χ0v) is 11.0. The second-order valence-corrected chi connectivity index (χ2v) is 5.54. The molecule has 1 aromatic heterocycles. The molecule has 0 spiro atoms. The first kappa shape index (κ1) is 11.6. The van der Waals surface area contributed by atoms with Gasteiger partial charge in [0, 0.05) is 11.5 Å². The maximum absolute atomic E-state index is 5.83. The van der Waals surface area contributed by atoms with Crippen molar-refractivity contribution in [3.05, 3.63) is 39.8 Å². The van der Waals surface area contributed by atoms with E-state index in [4.69, 9.17) is 10.5 Å². The molecule has 2 atom stereocenters. The normalized spacial score (nSPS) is 20.0. The van der Waals surface area contributed by atoms with Crippen molar-refractivity contribution in [2.75, 3.05) is 6.61 Å². The molecule has 18 heavy (non-hydrogen) atoms. The van der Waals surface area contributed by atoms with E-state index in [0.29, 0.717) is 5.92 Å². The predicted molar refractivity (Wildman–Crippen MR) is 70.9 cm³/mol. The summed E-state index contributed by atoms with van der Waals surface area (Å²) in [4.78, 5) is 0. The molecule has 0 aliphatic carbocycles. The average Bonchev–Trinajstić information content (AvgIpc) is 2.87. The third kappa shape index (κ3) is 2.00. The molecule has 0 fully saturated rings. The molecule has 4 nitrogen and oxygen atoms in total. The van der Waals surface area contributed by atoms with Gasteiger partial charge in [0.05, 0.1) is 12.6 Å². The Morgan fingerprint density at radius 2 is 2.22 bits per heavy atom. The largest absolute Gasteiger partial charge is 0.493 e. The topological polar surface area (TPSA) is 61.0 Å². The van der Waals surface area contributed by atoms with Crippen molar-refractivity contribution in [3.63, 3.8) is 0 Å². The Labute approximate surface area is 110 Å². The van der Waals surface area contributed by atoms with Crippen LogP contribution in [-0.4, -0.2) is 16.8 Å². The number of para-hydroxylation sites is 1. The Morgan fingerprint density at radius 1 is 1.39 bits per heavy atom. The van der Waals surface area contributed by atoms with Crippen molar-refractivity contribution in [2.24, 2.45) is 5.73 Å². The number of aromatic nitrogens is 2. The lowest BCUT2D eigenvalue weighted by Gasteiger charge is -2.23. The Kier molecular flexibility index (Phi) is 3.01. The average molecular weight is 261 g/mol. The van der Waals surface area contributed by atoms with E-state index in [1.54, 1.807) is 11.3 Å². The zero-order chi connectivity index (χ0) is 12.5. The fourth-order valence-electron chi connectivity index (χ4n) is 2.17. The molecular formula is C13H15N3OS. The molecule has 0 saturated carbocycles. The first-order valence-electron chi connectivity index (χ1n) is 6.06. The second-order valence-electron chi connectivity index (χ2n) is 4.49. The van der Waals surface area contributed by atoms with Gasteiger partial charge in [0.15, 0.2) is 0 Å². The van der Waals surface area contributed by atoms with E-state index in [-0.39, 0.29) is 6.04 Å². The fourth-order valence-corrected chi connectivity index (χ4v) is 3.12. The summed E-state index contributed by atoms with van der Waals surface area (Å²) in [5, 5.41) is 10.4. The van der Waals surface area contributed by atoms with Gasteiger partial charge in [0.25, 0.3) is 0 Å². The number of hydrogen-bond donors (Lipinski definition) is 1. The van der Waals surface area contributed by atoms with Crippen LogP contribution >= 0.6 is 11.3 Å². The van der Waals surface area contributed by atoms with Crippen molar-refractivity contribution in [2.45, 2.75) is 25.3 Å². The summed E-state index contributed by atoms with van der Waals surface area (Å²) < 4.78 is 5.66. The molecule has 5 heteroatoms. The molecule has 2 aromatic rings. The lowest BCUT2D eigenvalue weighted by atomic mass is 9.94. The van der Waals surface area contributed by atoms with Gasteiger partial charge >= 0.3 is 0 Å². The summed E-state index contributed by atoms with van der Waals surface area (Å²) in [7, 11) is 0. The van der Waals surface area contributed by atoms with Crippen LogP contribution in [0.2, 0.25) is 0 Å². The highest BCUT2D eigenvalue weighted by Crippen LogP contribution is 2.39. The first-order valence-corrected chi connectivity index (χ1v) is 6.88. The van der Waals surface area contributed by atoms with Gasteiger partial charge in [0.2, 0.25) is 0 Å². The molecule has 2 unspecified atom stereocenters. The van der Waals surface area contributed by atoms with Crippen LogP contribution in [0.5, 0.6) is 5.75 Å². The lowest BCUT2D eigenvalue weighted by Crippen LogP contribution is -2.14. The third-order valence-corrected chi connectivity index (χ3v) is 4.34. The van der Waals surface area contributed by atoms with Crippen molar-refractivity contribution in [1.29, 1.82) is 0 Å². The Morgan fingerprint density at radius 3 is 3.00 bits per heavy atom. The van der Waals surface area contributed by atoms with Gasteiger partial charge in [-0.05, 0) is 19.4 Å². The van der Waals surface area contributed by atoms with E-state index < -0.39 is 0 Å². The molecule has 3 rings (SSSR count). The minimum absolute atomic E-state index is 0.0497. The number of nitrogens with zero attached hydrogens (tertiary/aromatic N) is 2. The quantitative estimate of drug-likeness (QED) is 0.902. The van der Waals surface area contributed by atoms with Crippen molar-refractivity contribution < 1.29 is 4.74 Å². The highest BCUT2D eigenvalue weighted by Gasteiger charge is 2.26. The molecular weight excluding hydrogens is 246 g/mol. The van der Waals surface area contributed by atoms with Gasteiger partial charge in [-0.3, -0.25) is 0 Å². The first-order chi connectivity index (χ1) is 8.75. The van der Waals surface area contributed by atoms with E-state index in [9.17, 15) is 0 Å². The molecule has 1 aromatic carbocycles. The van der Waals surface area contributed by atoms with Gasteiger partial charge in [-0.2, -0.15) is 0 Å². The molecule has 2 N–H and O–H groups in total. The van der Waals surface area contributed by atoms with Crippen LogP contribution in [-0.2, 0) is 0 Å². The standard InChI is InChI=1S/C13H15N3OS/c1-8(14)12-15-16-13(18-12)10-6-7-17-11-5-3-2-4-9(10)11/h2-5,8,10H,6-7,14H2,1H3. The van der Waals surface area contributed by atoms with Crippen LogP contribution in [0.25, 0.3) is 0 Å². The maximum atomic E-state index is 5.83. The van der Waals surface area contributed by atoms with E-state index >= 15 is 0 Å². The highest BCUT2D eigenvalue weighted by atomic mass is 32.1. The smallest absolute Gasteiger partial charge is 0.133 e. The van der Waals surface area contributed by atoms with Crippen LogP contribution in [0.4, 0.5) is 0 Å². The van der Waals surface area contributed by atoms with E-state index in [2.05, 4.69) is 16.3 Å². The van der Waals surface area contributed by atoms with Crippen LogP contribution in [0.3, 0.4) is 0 Å². The van der Waals surface area contributed by atoms with E-state index in [0.717, 1.165) is 28.8 Å². The molecule has 0 radical (unpaired) electrons. The number of benzene rings is 1. The molecule has 2 heterocycles. The zero-order valence-electron chi connectivity index (χ0n) is 10.2. The minimum atomic E-state index is -0.0497. The fraction of sp³-hybridized carbons (Fsp3) is 0.385. The van der Waals surface area contributed by atoms with Crippen LogP contribution in [0.15, 0.2) is 24.3 Å². The van der Waals surface area contributed by atoms with Crippen LogP contribution in [0, 0.1) is 0 Å². The van der Waals surface area contributed by atoms with Crippen LogP contribution in [0.1, 0.15) is 40.9 Å². The Bertz CT molecular complexity index is 553. The maximum Gasteiger partial charge on any atom is 0.133 e. The number of ether oxygens (including phenoxy) is 1. The molecule has 94 valence electrons. The molecule has 0 amide bonds. The van der Waals surface area contributed by atoms with Gasteiger partial charge in [-0.1, -0.05) is 29.5 Å². The monoisotopic (exact) mass is 261 g/mol. The Hall–Kier alpha value is -1.46. The summed E-state index contributed by atoms with van der Waals surface area (Å²) in [6, 6.07) is 8.09. The third-order valence-electron chi connectivity index (χ3n) is 3.10. The van der Waals surface area contributed by atoms with Crippen LogP contribution < -0.4 is 10.5 Å². The number of hydrogen-bond acceptors (Lipinski definition) is 5. The summed E-state index contributed by atoms with van der Waals surface area (Å²) in [6.45, 7) is 2.66. The number of nitrogens with two attached hydrogens (primary N) is 1. The predicted octanol–water partition coefficient (Wildman–Crippen LogP) is 2.47.